The summed E-state index contributed by atoms with van der Waals surface area (Å²) in [6, 6.07) is 0.312. The Hall–Kier alpha value is -2.48. The van der Waals surface area contributed by atoms with Crippen molar-refractivity contribution in [2.45, 2.75) is 11.1 Å². The van der Waals surface area contributed by atoms with Crippen LogP contribution in [0, 0.1) is 0 Å². The first-order valence-corrected chi connectivity index (χ1v) is 6.45. The van der Waals surface area contributed by atoms with Gasteiger partial charge in [-0.25, -0.2) is 4.79 Å². The molecule has 10 nitrogen and oxygen atoms in total. The summed E-state index contributed by atoms with van der Waals surface area (Å²) in [5, 5.41) is 19.7. The number of amides is 1. The van der Waals surface area contributed by atoms with Gasteiger partial charge in [-0.1, -0.05) is 0 Å². The molecule has 0 aliphatic carbocycles. The number of halogens is 3. The van der Waals surface area contributed by atoms with Crippen LogP contribution in [0.4, 0.5) is 13.2 Å². The van der Waals surface area contributed by atoms with E-state index in [2.05, 4.69) is 4.84 Å². The summed E-state index contributed by atoms with van der Waals surface area (Å²) in [7, 11) is -4.96. The van der Waals surface area contributed by atoms with Crippen LogP contribution in [0.3, 0.4) is 0 Å². The number of aromatic nitrogens is 1. The van der Waals surface area contributed by atoms with Gasteiger partial charge in [0.05, 0.1) is 0 Å². The van der Waals surface area contributed by atoms with Gasteiger partial charge < -0.3 is 20.4 Å². The summed E-state index contributed by atoms with van der Waals surface area (Å²) in [6.45, 7) is -1.30. The highest BCUT2D eigenvalue weighted by Gasteiger charge is 2.38. The maximum atomic E-state index is 11.8. The lowest BCUT2D eigenvalue weighted by Gasteiger charge is -2.09. The van der Waals surface area contributed by atoms with E-state index < -0.39 is 51.4 Å². The number of carbonyl (C=O) groups excluding carboxylic acids is 2. The zero-order chi connectivity index (χ0) is 17.3. The Balaban J connectivity index is 2.82. The van der Waals surface area contributed by atoms with Crippen molar-refractivity contribution >= 4 is 22.0 Å². The van der Waals surface area contributed by atoms with E-state index in [1.54, 1.807) is 0 Å². The number of alkyl halides is 3. The molecule has 0 aliphatic heterocycles. The minimum absolute atomic E-state index is 0.175. The van der Waals surface area contributed by atoms with Crippen LogP contribution in [-0.2, 0) is 19.7 Å². The molecule has 0 aromatic carbocycles. The molecular formula is C8H7F3N2O8S. The number of rotatable bonds is 4. The van der Waals surface area contributed by atoms with Crippen LogP contribution >= 0.6 is 0 Å². The second-order valence-electron chi connectivity index (χ2n) is 3.60. The van der Waals surface area contributed by atoms with Gasteiger partial charge >= 0.3 is 18.1 Å². The normalized spacial score (nSPS) is 12.0. The SMILES string of the molecule is O=C(CNC(=O)C(F)(F)F)On1c(O)cc(S(=O)(=O)O)c1O. The summed E-state index contributed by atoms with van der Waals surface area (Å²) in [6.07, 6.45) is -5.24. The van der Waals surface area contributed by atoms with E-state index >= 15 is 0 Å². The first-order valence-electron chi connectivity index (χ1n) is 5.01. The van der Waals surface area contributed by atoms with Gasteiger partial charge in [-0.05, 0) is 0 Å². The molecule has 124 valence electrons. The lowest BCUT2D eigenvalue weighted by atomic mass is 10.5. The van der Waals surface area contributed by atoms with E-state index in [1.807, 2.05) is 0 Å². The first-order chi connectivity index (χ1) is 9.84. The summed E-state index contributed by atoms with van der Waals surface area (Å²) in [5.41, 5.74) is 0. The van der Waals surface area contributed by atoms with E-state index in [9.17, 15) is 41.4 Å². The lowest BCUT2D eigenvalue weighted by molar-refractivity contribution is -0.174. The fraction of sp³-hybridized carbons (Fsp3) is 0.250. The zero-order valence-corrected chi connectivity index (χ0v) is 11.0. The van der Waals surface area contributed by atoms with Crippen LogP contribution in [0.25, 0.3) is 0 Å². The van der Waals surface area contributed by atoms with Crippen LogP contribution in [-0.4, -0.2) is 52.5 Å². The summed E-state index contributed by atoms with van der Waals surface area (Å²) >= 11 is 0. The molecule has 0 saturated carbocycles. The van der Waals surface area contributed by atoms with Crippen LogP contribution in [0.1, 0.15) is 0 Å². The molecule has 0 fully saturated rings. The van der Waals surface area contributed by atoms with Crippen molar-refractivity contribution in [3.05, 3.63) is 6.07 Å². The van der Waals surface area contributed by atoms with E-state index in [0.717, 1.165) is 5.32 Å². The Morgan fingerprint density at radius 2 is 1.86 bits per heavy atom. The van der Waals surface area contributed by atoms with E-state index in [4.69, 9.17) is 4.55 Å². The van der Waals surface area contributed by atoms with E-state index in [0.29, 0.717) is 6.07 Å². The minimum Gasteiger partial charge on any atom is -0.492 e. The third kappa shape index (κ3) is 4.01. The van der Waals surface area contributed by atoms with Gasteiger partial charge in [0.2, 0.25) is 5.88 Å². The van der Waals surface area contributed by atoms with Gasteiger partial charge in [0.15, 0.2) is 4.90 Å². The third-order valence-electron chi connectivity index (χ3n) is 2.00. The van der Waals surface area contributed by atoms with Gasteiger partial charge in [0.25, 0.3) is 16.0 Å². The second kappa shape index (κ2) is 5.72. The van der Waals surface area contributed by atoms with Crippen molar-refractivity contribution in [2.24, 2.45) is 0 Å². The van der Waals surface area contributed by atoms with Crippen LogP contribution < -0.4 is 10.2 Å². The summed E-state index contributed by atoms with van der Waals surface area (Å²) in [5.74, 6) is -6.58. The molecule has 0 atom stereocenters. The molecule has 14 heteroatoms. The highest BCUT2D eigenvalue weighted by molar-refractivity contribution is 7.86. The van der Waals surface area contributed by atoms with Gasteiger partial charge in [0.1, 0.15) is 6.54 Å². The molecule has 1 heterocycles. The highest BCUT2D eigenvalue weighted by atomic mass is 32.2. The lowest BCUT2D eigenvalue weighted by Crippen LogP contribution is -2.41. The van der Waals surface area contributed by atoms with Crippen LogP contribution in [0.15, 0.2) is 11.0 Å². The monoisotopic (exact) mass is 348 g/mol. The van der Waals surface area contributed by atoms with Gasteiger partial charge in [-0.3, -0.25) is 9.35 Å². The minimum atomic E-state index is -5.24. The predicted molar refractivity (Wildman–Crippen MR) is 58.2 cm³/mol. The summed E-state index contributed by atoms with van der Waals surface area (Å²) in [4.78, 5) is 24.5. The smallest absolute Gasteiger partial charge is 0.471 e. The fourth-order valence-electron chi connectivity index (χ4n) is 1.12. The fourth-order valence-corrected chi connectivity index (χ4v) is 1.68. The van der Waals surface area contributed by atoms with Crippen molar-refractivity contribution in [3.8, 4) is 11.8 Å². The Labute approximate surface area is 119 Å². The summed E-state index contributed by atoms with van der Waals surface area (Å²) < 4.78 is 65.6. The van der Waals surface area contributed by atoms with Gasteiger partial charge in [-0.2, -0.15) is 21.6 Å². The second-order valence-corrected chi connectivity index (χ2v) is 4.99. The van der Waals surface area contributed by atoms with Gasteiger partial charge in [-0.15, -0.1) is 4.73 Å². The maximum Gasteiger partial charge on any atom is 0.471 e. The quantitative estimate of drug-likeness (QED) is 0.494. The average molecular weight is 348 g/mol. The van der Waals surface area contributed by atoms with E-state index in [1.165, 1.54) is 0 Å². The van der Waals surface area contributed by atoms with Crippen molar-refractivity contribution in [1.82, 2.24) is 10.0 Å². The molecule has 1 amide bonds. The number of aromatic hydroxyl groups is 2. The average Bonchev–Trinajstić information content (AvgIpc) is 2.62. The van der Waals surface area contributed by atoms with Crippen LogP contribution in [0.5, 0.6) is 11.8 Å². The molecule has 0 saturated heterocycles. The van der Waals surface area contributed by atoms with Crippen molar-refractivity contribution < 1.29 is 50.8 Å². The molecule has 22 heavy (non-hydrogen) atoms. The Bertz CT molecular complexity index is 708. The zero-order valence-electron chi connectivity index (χ0n) is 10.2. The topological polar surface area (TPSA) is 155 Å². The molecule has 0 aliphatic rings. The maximum absolute atomic E-state index is 11.8. The molecule has 1 rings (SSSR count). The molecule has 0 bridgehead atoms. The number of carbonyl (C=O) groups is 2. The molecule has 4 N–H and O–H groups in total. The first kappa shape index (κ1) is 17.6. The Kier molecular flexibility index (Phi) is 4.57. The van der Waals surface area contributed by atoms with Crippen molar-refractivity contribution in [3.63, 3.8) is 0 Å². The van der Waals surface area contributed by atoms with Crippen LogP contribution in [0.2, 0.25) is 0 Å². The third-order valence-corrected chi connectivity index (χ3v) is 2.86. The Morgan fingerprint density at radius 3 is 2.27 bits per heavy atom. The number of hydrogen-bond acceptors (Lipinski definition) is 7. The van der Waals surface area contributed by atoms with Gasteiger partial charge in [0, 0.05) is 6.07 Å². The number of nitrogens with one attached hydrogen (secondary N) is 1. The molecule has 0 radical (unpaired) electrons. The van der Waals surface area contributed by atoms with Crippen molar-refractivity contribution in [2.75, 3.05) is 6.54 Å². The molecule has 1 aromatic heterocycles. The molecular weight excluding hydrogens is 341 g/mol. The predicted octanol–water partition coefficient (Wildman–Crippen LogP) is -1.22. The number of hydrogen-bond donors (Lipinski definition) is 4. The molecule has 0 spiro atoms. The Morgan fingerprint density at radius 1 is 1.32 bits per heavy atom. The van der Waals surface area contributed by atoms with E-state index in [-0.39, 0.29) is 4.73 Å². The standard InChI is InChI=1S/C8H7F3N2O8S/c9-8(10,11)7(17)12-2-5(15)21-13-4(14)1-3(6(13)16)22(18,19)20/h1,14,16H,2H2,(H,12,17)(H,18,19,20). The largest absolute Gasteiger partial charge is 0.492 e. The molecule has 1 aromatic rings. The molecule has 0 unspecified atom stereocenters. The number of nitrogens with zero attached hydrogens (tertiary/aromatic N) is 1. The highest BCUT2D eigenvalue weighted by Crippen LogP contribution is 2.29. The van der Waals surface area contributed by atoms with Crippen molar-refractivity contribution in [1.29, 1.82) is 0 Å².